The summed E-state index contributed by atoms with van der Waals surface area (Å²) in [6.45, 7) is 0. The minimum atomic E-state index is -1.18. The maximum Gasteiger partial charge on any atom is 0.344 e. The van der Waals surface area contributed by atoms with Crippen LogP contribution in [0.1, 0.15) is 22.6 Å². The molecule has 8 heteroatoms. The Balaban J connectivity index is 1.90. The van der Waals surface area contributed by atoms with Crippen LogP contribution in [0.15, 0.2) is 79.3 Å². The maximum absolute atomic E-state index is 12.9. The minimum Gasteiger partial charge on any atom is -0.507 e. The number of benzene rings is 2. The molecule has 5 rings (SSSR count). The fraction of sp³-hybridized carbons (Fsp3) is 0.0455. The summed E-state index contributed by atoms with van der Waals surface area (Å²) >= 11 is 0. The van der Waals surface area contributed by atoms with Crippen LogP contribution in [0, 0.1) is 0 Å². The number of H-pyrrole nitrogens is 1. The van der Waals surface area contributed by atoms with E-state index in [0.29, 0.717) is 16.3 Å². The number of para-hydroxylation sites is 2. The van der Waals surface area contributed by atoms with Crippen molar-refractivity contribution >= 4 is 21.9 Å². The molecule has 0 aliphatic heterocycles. The highest BCUT2D eigenvalue weighted by molar-refractivity contribution is 5.86. The van der Waals surface area contributed by atoms with E-state index < -0.39 is 17.2 Å². The quantitative estimate of drug-likeness (QED) is 0.395. The lowest BCUT2D eigenvalue weighted by Crippen LogP contribution is -2.21. The van der Waals surface area contributed by atoms with Crippen LogP contribution in [0.25, 0.3) is 21.9 Å². The molecule has 30 heavy (non-hydrogen) atoms. The van der Waals surface area contributed by atoms with Gasteiger partial charge in [-0.05, 0) is 24.3 Å². The van der Waals surface area contributed by atoms with Crippen LogP contribution in [-0.4, -0.2) is 20.4 Å². The number of rotatable bonds is 3. The maximum atomic E-state index is 12.9. The SMILES string of the molecule is O=c1oc2ccccc2c(O)c1C(c1cn[nH]c1)c1c(O)c2ccccc2oc1=O. The summed E-state index contributed by atoms with van der Waals surface area (Å²) in [6, 6.07) is 13.0. The molecule has 5 aromatic rings. The third-order valence-corrected chi connectivity index (χ3v) is 5.07. The zero-order chi connectivity index (χ0) is 20.8. The van der Waals surface area contributed by atoms with E-state index in [2.05, 4.69) is 10.2 Å². The standard InChI is InChI=1S/C22H14N2O6/c25-19-12-5-1-3-7-14(12)29-21(27)17(19)16(11-9-23-24-10-11)18-20(26)13-6-2-4-8-15(13)30-22(18)28/h1-10,16,25-26H,(H,23,24). The number of nitrogens with zero attached hydrogens (tertiary/aromatic N) is 1. The second kappa shape index (κ2) is 6.63. The largest absolute Gasteiger partial charge is 0.507 e. The van der Waals surface area contributed by atoms with Gasteiger partial charge in [-0.3, -0.25) is 5.10 Å². The Bertz CT molecular complexity index is 1420. The van der Waals surface area contributed by atoms with Crippen molar-refractivity contribution < 1.29 is 19.0 Å². The number of aromatic amines is 1. The van der Waals surface area contributed by atoms with Gasteiger partial charge in [-0.2, -0.15) is 5.10 Å². The first-order valence-electron chi connectivity index (χ1n) is 9.04. The van der Waals surface area contributed by atoms with Crippen LogP contribution < -0.4 is 11.3 Å². The smallest absolute Gasteiger partial charge is 0.344 e. The van der Waals surface area contributed by atoms with Crippen molar-refractivity contribution in [3.05, 3.63) is 98.5 Å². The number of aromatic nitrogens is 2. The molecule has 0 saturated carbocycles. The molecule has 3 heterocycles. The molecule has 148 valence electrons. The van der Waals surface area contributed by atoms with Crippen molar-refractivity contribution in [3.8, 4) is 11.5 Å². The van der Waals surface area contributed by atoms with E-state index in [1.165, 1.54) is 12.4 Å². The Kier molecular flexibility index (Phi) is 3.92. The van der Waals surface area contributed by atoms with Gasteiger partial charge in [-0.25, -0.2) is 9.59 Å². The van der Waals surface area contributed by atoms with E-state index in [1.54, 1.807) is 48.5 Å². The van der Waals surface area contributed by atoms with Crippen LogP contribution in [-0.2, 0) is 0 Å². The lowest BCUT2D eigenvalue weighted by atomic mass is 9.86. The number of aromatic hydroxyl groups is 2. The second-order valence-corrected chi connectivity index (χ2v) is 6.76. The van der Waals surface area contributed by atoms with Crippen LogP contribution in [0.3, 0.4) is 0 Å². The van der Waals surface area contributed by atoms with E-state index in [0.717, 1.165) is 0 Å². The van der Waals surface area contributed by atoms with Gasteiger partial charge in [0.25, 0.3) is 0 Å². The molecule has 0 amide bonds. The number of fused-ring (bicyclic) bond motifs is 2. The molecule has 8 nitrogen and oxygen atoms in total. The number of hydrogen-bond acceptors (Lipinski definition) is 7. The fourth-order valence-corrected chi connectivity index (χ4v) is 3.70. The highest BCUT2D eigenvalue weighted by Gasteiger charge is 2.32. The molecule has 0 aliphatic carbocycles. The molecule has 0 atom stereocenters. The van der Waals surface area contributed by atoms with Crippen molar-refractivity contribution in [1.29, 1.82) is 0 Å². The molecular formula is C22H14N2O6. The average molecular weight is 402 g/mol. The summed E-state index contributed by atoms with van der Waals surface area (Å²) in [4.78, 5) is 25.8. The van der Waals surface area contributed by atoms with Gasteiger partial charge in [0.05, 0.1) is 34.0 Å². The molecule has 0 aliphatic rings. The van der Waals surface area contributed by atoms with E-state index in [9.17, 15) is 19.8 Å². The molecular weight excluding hydrogens is 388 g/mol. The summed E-state index contributed by atoms with van der Waals surface area (Å²) in [6.07, 6.45) is 2.86. The van der Waals surface area contributed by atoms with Crippen molar-refractivity contribution in [1.82, 2.24) is 10.2 Å². The van der Waals surface area contributed by atoms with Crippen LogP contribution >= 0.6 is 0 Å². The summed E-state index contributed by atoms with van der Waals surface area (Å²) in [5.41, 5.74) is -1.32. The van der Waals surface area contributed by atoms with E-state index in [-0.39, 0.29) is 33.8 Å². The Labute approximate surface area is 167 Å². The molecule has 0 spiro atoms. The van der Waals surface area contributed by atoms with Crippen molar-refractivity contribution in [3.63, 3.8) is 0 Å². The minimum absolute atomic E-state index is 0.199. The summed E-state index contributed by atoms with van der Waals surface area (Å²) in [5.74, 6) is -1.87. The Hall–Kier alpha value is -4.33. The van der Waals surface area contributed by atoms with E-state index in [1.807, 2.05) is 0 Å². The number of nitrogens with one attached hydrogen (secondary N) is 1. The van der Waals surface area contributed by atoms with E-state index in [4.69, 9.17) is 8.83 Å². The normalized spacial score (nSPS) is 11.5. The molecule has 0 unspecified atom stereocenters. The third kappa shape index (κ3) is 2.58. The third-order valence-electron chi connectivity index (χ3n) is 5.07. The highest BCUT2D eigenvalue weighted by atomic mass is 16.4. The first-order chi connectivity index (χ1) is 14.6. The molecule has 2 aromatic carbocycles. The van der Waals surface area contributed by atoms with Crippen molar-refractivity contribution in [2.24, 2.45) is 0 Å². The van der Waals surface area contributed by atoms with E-state index >= 15 is 0 Å². The fourth-order valence-electron chi connectivity index (χ4n) is 3.70. The van der Waals surface area contributed by atoms with Gasteiger partial charge in [-0.1, -0.05) is 24.3 Å². The molecule has 0 radical (unpaired) electrons. The molecule has 3 N–H and O–H groups in total. The van der Waals surface area contributed by atoms with Crippen LogP contribution in [0.5, 0.6) is 11.5 Å². The Morgan fingerprint density at radius 1 is 0.800 bits per heavy atom. The van der Waals surface area contributed by atoms with Gasteiger partial charge in [0.15, 0.2) is 0 Å². The predicted molar refractivity (Wildman–Crippen MR) is 108 cm³/mol. The zero-order valence-corrected chi connectivity index (χ0v) is 15.3. The monoisotopic (exact) mass is 402 g/mol. The number of hydrogen-bond donors (Lipinski definition) is 3. The van der Waals surface area contributed by atoms with Crippen LogP contribution in [0.2, 0.25) is 0 Å². The van der Waals surface area contributed by atoms with Gasteiger partial charge >= 0.3 is 11.3 Å². The first-order valence-corrected chi connectivity index (χ1v) is 9.04. The van der Waals surface area contributed by atoms with Gasteiger partial charge < -0.3 is 19.0 Å². The Morgan fingerprint density at radius 3 is 1.77 bits per heavy atom. The van der Waals surface area contributed by atoms with Crippen molar-refractivity contribution in [2.75, 3.05) is 0 Å². The lowest BCUT2D eigenvalue weighted by molar-refractivity contribution is 0.441. The lowest BCUT2D eigenvalue weighted by Gasteiger charge is -2.18. The second-order valence-electron chi connectivity index (χ2n) is 6.76. The molecule has 0 saturated heterocycles. The molecule has 0 fully saturated rings. The predicted octanol–water partition coefficient (Wildman–Crippen LogP) is 3.21. The Morgan fingerprint density at radius 2 is 1.30 bits per heavy atom. The van der Waals surface area contributed by atoms with Gasteiger partial charge in [-0.15, -0.1) is 0 Å². The molecule has 0 bridgehead atoms. The zero-order valence-electron chi connectivity index (χ0n) is 15.3. The van der Waals surface area contributed by atoms with Crippen LogP contribution in [0.4, 0.5) is 0 Å². The highest BCUT2D eigenvalue weighted by Crippen LogP contribution is 2.41. The van der Waals surface area contributed by atoms with Gasteiger partial charge in [0, 0.05) is 11.8 Å². The summed E-state index contributed by atoms with van der Waals surface area (Å²) in [7, 11) is 0. The van der Waals surface area contributed by atoms with Crippen molar-refractivity contribution in [2.45, 2.75) is 5.92 Å². The molecule has 3 aromatic heterocycles. The van der Waals surface area contributed by atoms with Gasteiger partial charge in [0.2, 0.25) is 0 Å². The summed E-state index contributed by atoms with van der Waals surface area (Å²) in [5, 5.41) is 29.0. The first kappa shape index (κ1) is 17.7. The topological polar surface area (TPSA) is 130 Å². The summed E-state index contributed by atoms with van der Waals surface area (Å²) < 4.78 is 10.8. The van der Waals surface area contributed by atoms with Gasteiger partial charge in [0.1, 0.15) is 22.7 Å². The average Bonchev–Trinajstić information content (AvgIpc) is 3.27.